The summed E-state index contributed by atoms with van der Waals surface area (Å²) in [7, 11) is 0. The molecule has 2 N–H and O–H groups in total. The second kappa shape index (κ2) is 6.67. The fourth-order valence-corrected chi connectivity index (χ4v) is 2.81. The Kier molecular flexibility index (Phi) is 4.45. The van der Waals surface area contributed by atoms with E-state index in [1.165, 1.54) is 6.33 Å². The van der Waals surface area contributed by atoms with Gasteiger partial charge in [0.05, 0.1) is 19.3 Å². The predicted octanol–water partition coefficient (Wildman–Crippen LogP) is 0.205. The van der Waals surface area contributed by atoms with Gasteiger partial charge < -0.3 is 10.5 Å². The number of benzene rings is 1. The Morgan fingerprint density at radius 2 is 2.23 bits per heavy atom. The first-order valence-corrected chi connectivity index (χ1v) is 7.26. The standard InChI is InChI=1S/C15H19N5O2/c16-15(21)14(12-4-2-1-3-5-12)19-6-7-22-13(8-19)9-20-11-17-10-18-20/h1-5,10-11,13-14H,6-9H2,(H2,16,21)/t13-,14-/m0/s1. The number of ether oxygens (including phenoxy) is 1. The third-order valence-corrected chi connectivity index (χ3v) is 3.78. The Balaban J connectivity index is 1.73. The molecule has 1 fully saturated rings. The highest BCUT2D eigenvalue weighted by molar-refractivity contribution is 5.81. The first-order valence-electron chi connectivity index (χ1n) is 7.26. The van der Waals surface area contributed by atoms with E-state index in [9.17, 15) is 4.79 Å². The van der Waals surface area contributed by atoms with Crippen LogP contribution >= 0.6 is 0 Å². The van der Waals surface area contributed by atoms with Crippen molar-refractivity contribution in [3.8, 4) is 0 Å². The zero-order valence-corrected chi connectivity index (χ0v) is 12.2. The van der Waals surface area contributed by atoms with Crippen molar-refractivity contribution in [2.24, 2.45) is 5.73 Å². The molecule has 0 spiro atoms. The highest BCUT2D eigenvalue weighted by Crippen LogP contribution is 2.23. The minimum atomic E-state index is -0.427. The van der Waals surface area contributed by atoms with Crippen molar-refractivity contribution in [3.05, 3.63) is 48.5 Å². The number of nitrogens with zero attached hydrogens (tertiary/aromatic N) is 4. The average Bonchev–Trinajstić information content (AvgIpc) is 3.01. The molecule has 7 nitrogen and oxygen atoms in total. The van der Waals surface area contributed by atoms with Crippen LogP contribution in [0.5, 0.6) is 0 Å². The van der Waals surface area contributed by atoms with Gasteiger partial charge in [-0.3, -0.25) is 14.4 Å². The number of aromatic nitrogens is 3. The zero-order valence-electron chi connectivity index (χ0n) is 12.2. The van der Waals surface area contributed by atoms with Crippen molar-refractivity contribution in [1.29, 1.82) is 0 Å². The van der Waals surface area contributed by atoms with Gasteiger partial charge >= 0.3 is 0 Å². The topological polar surface area (TPSA) is 86.3 Å². The van der Waals surface area contributed by atoms with E-state index in [4.69, 9.17) is 10.5 Å². The van der Waals surface area contributed by atoms with E-state index >= 15 is 0 Å². The van der Waals surface area contributed by atoms with Gasteiger partial charge in [-0.15, -0.1) is 0 Å². The number of primary amides is 1. The molecule has 7 heteroatoms. The van der Waals surface area contributed by atoms with Crippen LogP contribution in [0.1, 0.15) is 11.6 Å². The SMILES string of the molecule is NC(=O)[C@H](c1ccccc1)N1CCO[C@H](Cn2cncn2)C1. The molecule has 1 aromatic heterocycles. The van der Waals surface area contributed by atoms with E-state index in [1.807, 2.05) is 30.3 Å². The van der Waals surface area contributed by atoms with Gasteiger partial charge in [-0.25, -0.2) is 4.98 Å². The van der Waals surface area contributed by atoms with Crippen molar-refractivity contribution < 1.29 is 9.53 Å². The van der Waals surface area contributed by atoms with E-state index in [0.717, 1.165) is 5.56 Å². The maximum absolute atomic E-state index is 11.9. The quantitative estimate of drug-likeness (QED) is 0.853. The first-order chi connectivity index (χ1) is 10.7. The van der Waals surface area contributed by atoms with Crippen molar-refractivity contribution in [2.45, 2.75) is 18.7 Å². The van der Waals surface area contributed by atoms with Crippen molar-refractivity contribution >= 4 is 5.91 Å². The summed E-state index contributed by atoms with van der Waals surface area (Å²) in [6.45, 7) is 2.48. The molecule has 1 saturated heterocycles. The summed E-state index contributed by atoms with van der Waals surface area (Å²) in [5, 5.41) is 4.09. The molecule has 2 aromatic rings. The highest BCUT2D eigenvalue weighted by Gasteiger charge is 2.31. The van der Waals surface area contributed by atoms with Crippen LogP contribution in [0.25, 0.3) is 0 Å². The largest absolute Gasteiger partial charge is 0.374 e. The lowest BCUT2D eigenvalue weighted by atomic mass is 10.0. The van der Waals surface area contributed by atoms with Crippen molar-refractivity contribution in [2.75, 3.05) is 19.7 Å². The number of hydrogen-bond donors (Lipinski definition) is 1. The van der Waals surface area contributed by atoms with Crippen molar-refractivity contribution in [1.82, 2.24) is 19.7 Å². The number of hydrogen-bond acceptors (Lipinski definition) is 5. The second-order valence-electron chi connectivity index (χ2n) is 5.32. The van der Waals surface area contributed by atoms with Gasteiger partial charge in [0.15, 0.2) is 0 Å². The molecule has 1 aromatic carbocycles. The number of morpholine rings is 1. The predicted molar refractivity (Wildman–Crippen MR) is 79.7 cm³/mol. The monoisotopic (exact) mass is 301 g/mol. The normalized spacial score (nSPS) is 20.6. The fraction of sp³-hybridized carbons (Fsp3) is 0.400. The van der Waals surface area contributed by atoms with Crippen LogP contribution in [0.3, 0.4) is 0 Å². The van der Waals surface area contributed by atoms with Crippen molar-refractivity contribution in [3.63, 3.8) is 0 Å². The lowest BCUT2D eigenvalue weighted by molar-refractivity contribution is -0.127. The van der Waals surface area contributed by atoms with Gasteiger partial charge in [0.25, 0.3) is 0 Å². The molecule has 0 unspecified atom stereocenters. The Morgan fingerprint density at radius 1 is 1.41 bits per heavy atom. The summed E-state index contributed by atoms with van der Waals surface area (Å²) in [5.74, 6) is -0.340. The maximum atomic E-state index is 11.9. The van der Waals surface area contributed by atoms with Crippen LogP contribution in [-0.2, 0) is 16.1 Å². The molecule has 2 atom stereocenters. The summed E-state index contributed by atoms with van der Waals surface area (Å²) >= 11 is 0. The molecule has 2 heterocycles. The van der Waals surface area contributed by atoms with E-state index in [1.54, 1.807) is 11.0 Å². The van der Waals surface area contributed by atoms with Crippen LogP contribution in [-0.4, -0.2) is 51.4 Å². The molecule has 1 amide bonds. The molecule has 1 aliphatic rings. The van der Waals surface area contributed by atoms with E-state index in [0.29, 0.717) is 26.2 Å². The number of carbonyl (C=O) groups is 1. The van der Waals surface area contributed by atoms with Crippen LogP contribution < -0.4 is 5.73 Å². The molecule has 3 rings (SSSR count). The Bertz CT molecular complexity index is 602. The van der Waals surface area contributed by atoms with Gasteiger partial charge in [-0.05, 0) is 5.56 Å². The number of nitrogens with two attached hydrogens (primary N) is 1. The van der Waals surface area contributed by atoms with E-state index < -0.39 is 6.04 Å². The third-order valence-electron chi connectivity index (χ3n) is 3.78. The molecular formula is C15H19N5O2. The lowest BCUT2D eigenvalue weighted by Gasteiger charge is -2.37. The fourth-order valence-electron chi connectivity index (χ4n) is 2.81. The molecule has 0 radical (unpaired) electrons. The zero-order chi connectivity index (χ0) is 15.4. The minimum absolute atomic E-state index is 0.0407. The molecule has 116 valence electrons. The molecular weight excluding hydrogens is 282 g/mol. The van der Waals surface area contributed by atoms with Crippen LogP contribution in [0.15, 0.2) is 43.0 Å². The van der Waals surface area contributed by atoms with E-state index in [-0.39, 0.29) is 12.0 Å². The number of carbonyl (C=O) groups excluding carboxylic acids is 1. The lowest BCUT2D eigenvalue weighted by Crippen LogP contribution is -2.49. The summed E-state index contributed by atoms with van der Waals surface area (Å²) in [6.07, 6.45) is 3.11. The molecule has 0 saturated carbocycles. The number of rotatable bonds is 5. The summed E-state index contributed by atoms with van der Waals surface area (Å²) < 4.78 is 7.50. The molecule has 1 aliphatic heterocycles. The summed E-state index contributed by atoms with van der Waals surface area (Å²) in [6, 6.07) is 9.18. The van der Waals surface area contributed by atoms with Crippen LogP contribution in [0.4, 0.5) is 0 Å². The summed E-state index contributed by atoms with van der Waals surface area (Å²) in [5.41, 5.74) is 6.55. The minimum Gasteiger partial charge on any atom is -0.374 e. The third kappa shape index (κ3) is 3.32. The smallest absolute Gasteiger partial charge is 0.239 e. The Labute approximate surface area is 128 Å². The second-order valence-corrected chi connectivity index (χ2v) is 5.32. The van der Waals surface area contributed by atoms with E-state index in [2.05, 4.69) is 15.0 Å². The molecule has 22 heavy (non-hydrogen) atoms. The number of amides is 1. The summed E-state index contributed by atoms with van der Waals surface area (Å²) in [4.78, 5) is 17.9. The highest BCUT2D eigenvalue weighted by atomic mass is 16.5. The molecule has 0 bridgehead atoms. The average molecular weight is 301 g/mol. The Hall–Kier alpha value is -2.25. The van der Waals surface area contributed by atoms with Crippen LogP contribution in [0.2, 0.25) is 0 Å². The van der Waals surface area contributed by atoms with Gasteiger partial charge in [0.2, 0.25) is 5.91 Å². The molecule has 0 aliphatic carbocycles. The first kappa shape index (κ1) is 14.7. The maximum Gasteiger partial charge on any atom is 0.239 e. The van der Waals surface area contributed by atoms with Gasteiger partial charge in [-0.1, -0.05) is 30.3 Å². The Morgan fingerprint density at radius 3 is 2.91 bits per heavy atom. The van der Waals surface area contributed by atoms with Gasteiger partial charge in [-0.2, -0.15) is 5.10 Å². The van der Waals surface area contributed by atoms with Gasteiger partial charge in [0.1, 0.15) is 18.7 Å². The van der Waals surface area contributed by atoms with Crippen LogP contribution in [0, 0.1) is 0 Å². The van der Waals surface area contributed by atoms with Gasteiger partial charge in [0, 0.05) is 13.1 Å².